The molecule has 2 aromatic rings. The van der Waals surface area contributed by atoms with Gasteiger partial charge in [-0.2, -0.15) is 0 Å². The minimum absolute atomic E-state index is 0.0833. The topological polar surface area (TPSA) is 52.3 Å². The molecule has 0 fully saturated rings. The van der Waals surface area contributed by atoms with E-state index in [9.17, 15) is 4.79 Å². The van der Waals surface area contributed by atoms with Crippen molar-refractivity contribution >= 4 is 27.4 Å². The third-order valence-electron chi connectivity index (χ3n) is 3.09. The molecule has 0 spiro atoms. The number of benzene rings is 2. The Hall–Kier alpha value is -1.81. The van der Waals surface area contributed by atoms with Gasteiger partial charge in [0.15, 0.2) is 5.78 Å². The zero-order chi connectivity index (χ0) is 14.5. The van der Waals surface area contributed by atoms with Crippen molar-refractivity contribution in [3.63, 3.8) is 0 Å². The summed E-state index contributed by atoms with van der Waals surface area (Å²) in [5, 5.41) is 0. The smallest absolute Gasteiger partial charge is 0.164 e. The third kappa shape index (κ3) is 3.61. The summed E-state index contributed by atoms with van der Waals surface area (Å²) in [7, 11) is 1.63. The summed E-state index contributed by atoms with van der Waals surface area (Å²) in [6.45, 7) is 0. The Labute approximate surface area is 126 Å². The van der Waals surface area contributed by atoms with E-state index in [4.69, 9.17) is 10.5 Å². The molecule has 0 amide bonds. The van der Waals surface area contributed by atoms with Gasteiger partial charge in [-0.25, -0.2) is 0 Å². The number of halogens is 1. The first-order chi connectivity index (χ1) is 9.60. The largest absolute Gasteiger partial charge is 0.497 e. The number of hydrogen-bond acceptors (Lipinski definition) is 3. The van der Waals surface area contributed by atoms with E-state index >= 15 is 0 Å². The molecule has 104 valence electrons. The standard InChI is InChI=1S/C16H16BrNO2/c1-20-13-6-2-11(3-7-13)4-9-16(19)14-10-12(18)5-8-15(14)17/h2-3,5-8,10H,4,9,18H2,1H3. The number of Topliss-reactive ketones (excluding diaryl/α,β-unsaturated/α-hetero) is 1. The van der Waals surface area contributed by atoms with Crippen LogP contribution < -0.4 is 10.5 Å². The minimum Gasteiger partial charge on any atom is -0.497 e. The highest BCUT2D eigenvalue weighted by atomic mass is 79.9. The normalized spacial score (nSPS) is 10.3. The predicted octanol–water partition coefficient (Wildman–Crippen LogP) is 3.86. The molecule has 2 rings (SSSR count). The first-order valence-corrected chi connectivity index (χ1v) is 7.10. The van der Waals surface area contributed by atoms with Crippen LogP contribution >= 0.6 is 15.9 Å². The summed E-state index contributed by atoms with van der Waals surface area (Å²) >= 11 is 3.38. The highest BCUT2D eigenvalue weighted by Gasteiger charge is 2.10. The van der Waals surface area contributed by atoms with Crippen molar-refractivity contribution in [2.24, 2.45) is 0 Å². The molecule has 0 atom stereocenters. The van der Waals surface area contributed by atoms with Gasteiger partial charge in [-0.05, 0) is 42.3 Å². The Balaban J connectivity index is 2.02. The molecular formula is C16H16BrNO2. The lowest BCUT2D eigenvalue weighted by Gasteiger charge is -2.06. The second-order valence-corrected chi connectivity index (χ2v) is 5.36. The van der Waals surface area contributed by atoms with Gasteiger partial charge < -0.3 is 10.5 Å². The molecule has 0 unspecified atom stereocenters. The Kier molecular flexibility index (Phi) is 4.79. The van der Waals surface area contributed by atoms with Crippen LogP contribution in [0.25, 0.3) is 0 Å². The number of nitrogen functional groups attached to an aromatic ring is 1. The number of ether oxygens (including phenoxy) is 1. The van der Waals surface area contributed by atoms with E-state index in [-0.39, 0.29) is 5.78 Å². The lowest BCUT2D eigenvalue weighted by Crippen LogP contribution is -2.03. The maximum Gasteiger partial charge on any atom is 0.164 e. The summed E-state index contributed by atoms with van der Waals surface area (Å²) in [6.07, 6.45) is 1.15. The Bertz CT molecular complexity index is 608. The van der Waals surface area contributed by atoms with Crippen LogP contribution in [0.1, 0.15) is 22.3 Å². The number of ketones is 1. The lowest BCUT2D eigenvalue weighted by molar-refractivity contribution is 0.0982. The summed E-state index contributed by atoms with van der Waals surface area (Å²) in [5.41, 5.74) is 8.06. The van der Waals surface area contributed by atoms with Gasteiger partial charge in [0.2, 0.25) is 0 Å². The second kappa shape index (κ2) is 6.57. The minimum atomic E-state index is 0.0833. The molecular weight excluding hydrogens is 318 g/mol. The fourth-order valence-electron chi connectivity index (χ4n) is 1.94. The molecule has 0 saturated heterocycles. The van der Waals surface area contributed by atoms with E-state index in [1.54, 1.807) is 25.3 Å². The number of rotatable bonds is 5. The lowest BCUT2D eigenvalue weighted by atomic mass is 10.0. The molecule has 3 nitrogen and oxygen atoms in total. The SMILES string of the molecule is COc1ccc(CCC(=O)c2cc(N)ccc2Br)cc1. The monoisotopic (exact) mass is 333 g/mol. The van der Waals surface area contributed by atoms with Gasteiger partial charge in [0.1, 0.15) is 5.75 Å². The average molecular weight is 334 g/mol. The van der Waals surface area contributed by atoms with Crippen molar-refractivity contribution < 1.29 is 9.53 Å². The van der Waals surface area contributed by atoms with Crippen LogP contribution in [0.3, 0.4) is 0 Å². The third-order valence-corrected chi connectivity index (χ3v) is 3.78. The van der Waals surface area contributed by atoms with Crippen LogP contribution in [0.15, 0.2) is 46.9 Å². The number of nitrogens with two attached hydrogens (primary N) is 1. The molecule has 0 aliphatic carbocycles. The zero-order valence-corrected chi connectivity index (χ0v) is 12.8. The number of anilines is 1. The van der Waals surface area contributed by atoms with E-state index in [0.717, 1.165) is 15.8 Å². The molecule has 2 N–H and O–H groups in total. The van der Waals surface area contributed by atoms with Crippen molar-refractivity contribution in [1.82, 2.24) is 0 Å². The van der Waals surface area contributed by atoms with E-state index < -0.39 is 0 Å². The quantitative estimate of drug-likeness (QED) is 0.667. The number of methoxy groups -OCH3 is 1. The number of carbonyl (C=O) groups is 1. The van der Waals surface area contributed by atoms with Gasteiger partial charge in [0.05, 0.1) is 7.11 Å². The fourth-order valence-corrected chi connectivity index (χ4v) is 2.41. The molecule has 4 heteroatoms. The first-order valence-electron chi connectivity index (χ1n) is 6.31. The van der Waals surface area contributed by atoms with Gasteiger partial charge >= 0.3 is 0 Å². The molecule has 0 bridgehead atoms. The molecule has 0 aliphatic rings. The van der Waals surface area contributed by atoms with E-state index in [2.05, 4.69) is 15.9 Å². The second-order valence-electron chi connectivity index (χ2n) is 4.51. The van der Waals surface area contributed by atoms with Crippen LogP contribution in [0.2, 0.25) is 0 Å². The maximum absolute atomic E-state index is 12.2. The van der Waals surface area contributed by atoms with E-state index in [1.165, 1.54) is 0 Å². The van der Waals surface area contributed by atoms with Gasteiger partial charge in [-0.15, -0.1) is 0 Å². The van der Waals surface area contributed by atoms with Crippen molar-refractivity contribution in [3.05, 3.63) is 58.1 Å². The van der Waals surface area contributed by atoms with Crippen LogP contribution in [0.5, 0.6) is 5.75 Å². The fraction of sp³-hybridized carbons (Fsp3) is 0.188. The average Bonchev–Trinajstić information content (AvgIpc) is 2.47. The number of aryl methyl sites for hydroxylation is 1. The van der Waals surface area contributed by atoms with Gasteiger partial charge in [-0.3, -0.25) is 4.79 Å². The number of hydrogen-bond donors (Lipinski definition) is 1. The van der Waals surface area contributed by atoms with Gasteiger partial charge in [0.25, 0.3) is 0 Å². The Morgan fingerprint density at radius 1 is 1.20 bits per heavy atom. The summed E-state index contributed by atoms with van der Waals surface area (Å²) in [5.74, 6) is 0.902. The van der Waals surface area contributed by atoms with Crippen LogP contribution in [0, 0.1) is 0 Å². The summed E-state index contributed by atoms with van der Waals surface area (Å²) in [4.78, 5) is 12.2. The molecule has 0 aromatic heterocycles. The molecule has 0 radical (unpaired) electrons. The summed E-state index contributed by atoms with van der Waals surface area (Å²) < 4.78 is 5.89. The van der Waals surface area contributed by atoms with Gasteiger partial charge in [-0.1, -0.05) is 28.1 Å². The van der Waals surface area contributed by atoms with Crippen LogP contribution in [-0.4, -0.2) is 12.9 Å². The molecule has 0 saturated carbocycles. The maximum atomic E-state index is 12.2. The van der Waals surface area contributed by atoms with Crippen LogP contribution in [0.4, 0.5) is 5.69 Å². The Morgan fingerprint density at radius 2 is 1.90 bits per heavy atom. The van der Waals surface area contributed by atoms with Gasteiger partial charge in [0, 0.05) is 22.1 Å². The highest BCUT2D eigenvalue weighted by molar-refractivity contribution is 9.10. The summed E-state index contributed by atoms with van der Waals surface area (Å²) in [6, 6.07) is 13.0. The van der Waals surface area contributed by atoms with E-state index in [1.807, 2.05) is 24.3 Å². The molecule has 0 heterocycles. The molecule has 20 heavy (non-hydrogen) atoms. The van der Waals surface area contributed by atoms with Crippen molar-refractivity contribution in [2.75, 3.05) is 12.8 Å². The first kappa shape index (κ1) is 14.6. The van der Waals surface area contributed by atoms with Crippen molar-refractivity contribution in [3.8, 4) is 5.75 Å². The Morgan fingerprint density at radius 3 is 2.55 bits per heavy atom. The molecule has 2 aromatic carbocycles. The highest BCUT2D eigenvalue weighted by Crippen LogP contribution is 2.22. The van der Waals surface area contributed by atoms with Crippen LogP contribution in [-0.2, 0) is 6.42 Å². The number of carbonyl (C=O) groups excluding carboxylic acids is 1. The van der Waals surface area contributed by atoms with E-state index in [0.29, 0.717) is 24.1 Å². The van der Waals surface area contributed by atoms with Crippen molar-refractivity contribution in [2.45, 2.75) is 12.8 Å². The molecule has 0 aliphatic heterocycles. The predicted molar refractivity (Wildman–Crippen MR) is 84.2 cm³/mol. The van der Waals surface area contributed by atoms with Crippen molar-refractivity contribution in [1.29, 1.82) is 0 Å². The zero-order valence-electron chi connectivity index (χ0n) is 11.2.